The molecule has 0 unspecified atom stereocenters. The SMILES string of the molecule is COc1cc(-c2cc(O)c(-c3ccc(N(C)[C@H]4C[C@]5(C)CCC[C@](C)(C4)N5)nn3)c(F)c2F)cnn1. The summed E-state index contributed by atoms with van der Waals surface area (Å²) in [6.45, 7) is 4.56. The minimum atomic E-state index is -1.22. The topological polar surface area (TPSA) is 96.3 Å². The first kappa shape index (κ1) is 24.3. The first-order valence-electron chi connectivity index (χ1n) is 12.1. The maximum absolute atomic E-state index is 15.2. The van der Waals surface area contributed by atoms with E-state index in [0.717, 1.165) is 31.7 Å². The van der Waals surface area contributed by atoms with Crippen molar-refractivity contribution in [1.82, 2.24) is 25.7 Å². The molecule has 4 heterocycles. The van der Waals surface area contributed by atoms with Crippen LogP contribution in [0.25, 0.3) is 22.4 Å². The molecule has 2 bridgehead atoms. The Hall–Kier alpha value is -3.40. The molecule has 2 aliphatic heterocycles. The average molecular weight is 497 g/mol. The molecule has 2 fully saturated rings. The number of fused-ring (bicyclic) bond motifs is 2. The zero-order valence-corrected chi connectivity index (χ0v) is 20.8. The van der Waals surface area contributed by atoms with Gasteiger partial charge in [-0.3, -0.25) is 0 Å². The van der Waals surface area contributed by atoms with Gasteiger partial charge in [-0.25, -0.2) is 8.78 Å². The minimum Gasteiger partial charge on any atom is -0.507 e. The van der Waals surface area contributed by atoms with Crippen molar-refractivity contribution in [3.63, 3.8) is 0 Å². The van der Waals surface area contributed by atoms with Crippen LogP contribution in [-0.4, -0.2) is 56.8 Å². The third-order valence-corrected chi connectivity index (χ3v) is 7.59. The predicted octanol–water partition coefficient (Wildman–Crippen LogP) is 4.48. The third-order valence-electron chi connectivity index (χ3n) is 7.59. The van der Waals surface area contributed by atoms with Crippen LogP contribution in [0.1, 0.15) is 46.0 Å². The molecule has 2 N–H and O–H groups in total. The maximum atomic E-state index is 15.2. The summed E-state index contributed by atoms with van der Waals surface area (Å²) in [4.78, 5) is 2.11. The highest BCUT2D eigenvalue weighted by atomic mass is 19.2. The van der Waals surface area contributed by atoms with Gasteiger partial charge in [-0.05, 0) is 64.2 Å². The normalized spacial score (nSPS) is 25.4. The molecular weight excluding hydrogens is 466 g/mol. The van der Waals surface area contributed by atoms with E-state index in [1.54, 1.807) is 12.1 Å². The second kappa shape index (κ2) is 8.92. The predicted molar refractivity (Wildman–Crippen MR) is 132 cm³/mol. The van der Waals surface area contributed by atoms with E-state index in [2.05, 4.69) is 44.5 Å². The van der Waals surface area contributed by atoms with Crippen LogP contribution in [0.2, 0.25) is 0 Å². The number of aromatic hydroxyl groups is 1. The summed E-state index contributed by atoms with van der Waals surface area (Å²) < 4.78 is 35.2. The van der Waals surface area contributed by atoms with Crippen molar-refractivity contribution >= 4 is 5.82 Å². The molecule has 3 atom stereocenters. The van der Waals surface area contributed by atoms with Crippen molar-refractivity contribution in [1.29, 1.82) is 0 Å². The summed E-state index contributed by atoms with van der Waals surface area (Å²) in [5.41, 5.74) is -0.0790. The first-order valence-corrected chi connectivity index (χ1v) is 12.1. The Kier molecular flexibility index (Phi) is 6.02. The van der Waals surface area contributed by atoms with Gasteiger partial charge >= 0.3 is 0 Å². The van der Waals surface area contributed by atoms with Crippen LogP contribution in [0.4, 0.5) is 14.6 Å². The van der Waals surface area contributed by atoms with Gasteiger partial charge in [0.05, 0.1) is 24.6 Å². The Morgan fingerprint density at radius 1 is 1.06 bits per heavy atom. The van der Waals surface area contributed by atoms with Crippen molar-refractivity contribution < 1.29 is 18.6 Å². The number of rotatable bonds is 5. The van der Waals surface area contributed by atoms with E-state index in [4.69, 9.17) is 4.74 Å². The van der Waals surface area contributed by atoms with E-state index in [1.165, 1.54) is 25.8 Å². The fourth-order valence-corrected chi connectivity index (χ4v) is 5.91. The van der Waals surface area contributed by atoms with Crippen LogP contribution in [0.5, 0.6) is 11.6 Å². The number of anilines is 1. The number of hydrogen-bond donors (Lipinski definition) is 2. The first-order chi connectivity index (χ1) is 17.1. The molecule has 190 valence electrons. The number of nitrogens with one attached hydrogen (secondary N) is 1. The molecule has 2 aliphatic rings. The molecule has 5 rings (SSSR count). The fourth-order valence-electron chi connectivity index (χ4n) is 5.91. The lowest BCUT2D eigenvalue weighted by molar-refractivity contribution is 0.0784. The lowest BCUT2D eigenvalue weighted by atomic mass is 9.69. The van der Waals surface area contributed by atoms with Crippen molar-refractivity contribution in [2.75, 3.05) is 19.1 Å². The molecule has 0 radical (unpaired) electrons. The van der Waals surface area contributed by atoms with E-state index in [9.17, 15) is 5.11 Å². The second-order valence-electron chi connectivity index (χ2n) is 10.5. The highest BCUT2D eigenvalue weighted by Gasteiger charge is 2.46. The zero-order chi connectivity index (χ0) is 25.7. The van der Waals surface area contributed by atoms with Gasteiger partial charge < -0.3 is 20.1 Å². The third kappa shape index (κ3) is 4.34. The molecule has 2 aromatic heterocycles. The highest BCUT2D eigenvalue weighted by Crippen LogP contribution is 2.42. The van der Waals surface area contributed by atoms with E-state index in [-0.39, 0.29) is 45.4 Å². The number of ether oxygens (including phenoxy) is 1. The second-order valence-corrected chi connectivity index (χ2v) is 10.5. The summed E-state index contributed by atoms with van der Waals surface area (Å²) in [6.07, 6.45) is 6.73. The molecule has 0 aliphatic carbocycles. The van der Waals surface area contributed by atoms with E-state index < -0.39 is 17.4 Å². The molecule has 0 spiro atoms. The number of phenols is 1. The Balaban J connectivity index is 1.42. The largest absolute Gasteiger partial charge is 0.507 e. The summed E-state index contributed by atoms with van der Waals surface area (Å²) in [5.74, 6) is -2.03. The van der Waals surface area contributed by atoms with Gasteiger partial charge in [-0.1, -0.05) is 0 Å². The molecule has 8 nitrogen and oxygen atoms in total. The van der Waals surface area contributed by atoms with Gasteiger partial charge in [0.15, 0.2) is 17.5 Å². The molecule has 2 saturated heterocycles. The Morgan fingerprint density at radius 3 is 2.42 bits per heavy atom. The number of benzene rings is 1. The standard InChI is InChI=1S/C26H30F2N6O2/c1-25-8-5-9-26(2,33-25)13-16(12-25)34(3)20-7-6-18(30-31-20)22-19(35)11-17(23(27)24(22)28)15-10-21(36-4)32-29-14-15/h6-7,10-11,14,16,33,35H,5,8-9,12-13H2,1-4H3/t16-,25-,26+. The van der Waals surface area contributed by atoms with Crippen molar-refractivity contribution in [2.24, 2.45) is 0 Å². The number of piperidine rings is 2. The molecule has 36 heavy (non-hydrogen) atoms. The van der Waals surface area contributed by atoms with Crippen molar-refractivity contribution in [2.45, 2.75) is 63.1 Å². The van der Waals surface area contributed by atoms with Crippen LogP contribution >= 0.6 is 0 Å². The van der Waals surface area contributed by atoms with Crippen LogP contribution in [0.15, 0.2) is 30.5 Å². The lowest BCUT2D eigenvalue weighted by Gasteiger charge is -2.55. The summed E-state index contributed by atoms with van der Waals surface area (Å²) in [7, 11) is 3.38. The summed E-state index contributed by atoms with van der Waals surface area (Å²) in [6, 6.07) is 6.10. The van der Waals surface area contributed by atoms with Gasteiger partial charge in [0.25, 0.3) is 0 Å². The molecule has 10 heteroatoms. The summed E-state index contributed by atoms with van der Waals surface area (Å²) in [5, 5.41) is 30.3. The van der Waals surface area contributed by atoms with Gasteiger partial charge in [-0.15, -0.1) is 15.3 Å². The Labute approximate surface area is 208 Å². The molecule has 3 aromatic rings. The molecule has 0 amide bonds. The number of nitrogens with zero attached hydrogens (tertiary/aromatic N) is 5. The molecular formula is C26H30F2N6O2. The van der Waals surface area contributed by atoms with Gasteiger partial charge in [-0.2, -0.15) is 5.10 Å². The quantitative estimate of drug-likeness (QED) is 0.534. The summed E-state index contributed by atoms with van der Waals surface area (Å²) >= 11 is 0. The maximum Gasteiger partial charge on any atom is 0.233 e. The number of hydrogen-bond acceptors (Lipinski definition) is 8. The number of halogens is 2. The lowest BCUT2D eigenvalue weighted by Crippen LogP contribution is -2.66. The van der Waals surface area contributed by atoms with Gasteiger partial charge in [0, 0.05) is 41.4 Å². The highest BCUT2D eigenvalue weighted by molar-refractivity contribution is 5.75. The van der Waals surface area contributed by atoms with Gasteiger partial charge in [0.1, 0.15) is 5.75 Å². The number of methoxy groups -OCH3 is 1. The Morgan fingerprint density at radius 2 is 1.78 bits per heavy atom. The van der Waals surface area contributed by atoms with Crippen LogP contribution in [0, 0.1) is 11.6 Å². The van der Waals surface area contributed by atoms with Crippen molar-refractivity contribution in [3.8, 4) is 34.0 Å². The monoisotopic (exact) mass is 496 g/mol. The van der Waals surface area contributed by atoms with Gasteiger partial charge in [0.2, 0.25) is 5.88 Å². The van der Waals surface area contributed by atoms with Crippen LogP contribution < -0.4 is 15.0 Å². The van der Waals surface area contributed by atoms with E-state index >= 15 is 8.78 Å². The van der Waals surface area contributed by atoms with E-state index in [1.807, 2.05) is 7.05 Å². The number of phenolic OH excluding ortho intramolecular Hbond substituents is 1. The minimum absolute atomic E-state index is 0.0409. The van der Waals surface area contributed by atoms with Crippen LogP contribution in [0.3, 0.4) is 0 Å². The van der Waals surface area contributed by atoms with Crippen LogP contribution in [-0.2, 0) is 0 Å². The van der Waals surface area contributed by atoms with Crippen molar-refractivity contribution in [3.05, 3.63) is 42.1 Å². The Bertz CT molecular complexity index is 1270. The fraction of sp³-hybridized carbons (Fsp3) is 0.462. The van der Waals surface area contributed by atoms with E-state index in [0.29, 0.717) is 5.82 Å². The number of aromatic nitrogens is 4. The zero-order valence-electron chi connectivity index (χ0n) is 20.8. The molecule has 1 aromatic carbocycles. The average Bonchev–Trinajstić information content (AvgIpc) is 2.85. The molecule has 0 saturated carbocycles. The smallest absolute Gasteiger partial charge is 0.233 e.